The molecule has 0 N–H and O–H groups in total. The van der Waals surface area contributed by atoms with Crippen LogP contribution >= 0.6 is 7.82 Å². The van der Waals surface area contributed by atoms with Gasteiger partial charge in [-0.2, -0.15) is 0 Å². The molecule has 1 unspecified atom stereocenters. The van der Waals surface area contributed by atoms with Gasteiger partial charge in [-0.1, -0.05) is 154 Å². The standard InChI is InChI=1S/C42H80NO8P/c1-6-8-10-12-14-16-18-20-21-23-25-27-29-31-33-35-42(45)51-40(39-50-52(46,47)49-37-36-43(3,4)5)38-48-41(44)34-32-30-28-26-24-22-19-17-15-13-11-9-7-2/h16,18,20-21,40H,6-15,17,19,22-39H2,1-5H3/b18-16+,21-20+/t40-/m1/s1. The molecule has 0 spiro atoms. The van der Waals surface area contributed by atoms with Crippen LogP contribution in [0.5, 0.6) is 0 Å². The maximum absolute atomic E-state index is 12.6. The van der Waals surface area contributed by atoms with Crippen molar-refractivity contribution in [2.75, 3.05) is 47.5 Å². The van der Waals surface area contributed by atoms with Crippen LogP contribution in [0.25, 0.3) is 0 Å². The molecule has 0 heterocycles. The summed E-state index contributed by atoms with van der Waals surface area (Å²) >= 11 is 0. The minimum Gasteiger partial charge on any atom is -0.756 e. The van der Waals surface area contributed by atoms with Gasteiger partial charge in [-0.25, -0.2) is 0 Å². The lowest BCUT2D eigenvalue weighted by Crippen LogP contribution is -2.37. The number of phosphoric acid groups is 1. The van der Waals surface area contributed by atoms with Gasteiger partial charge in [0.05, 0.1) is 27.7 Å². The van der Waals surface area contributed by atoms with Gasteiger partial charge in [-0.05, 0) is 38.5 Å². The summed E-state index contributed by atoms with van der Waals surface area (Å²) < 4.78 is 33.8. The topological polar surface area (TPSA) is 111 Å². The van der Waals surface area contributed by atoms with Gasteiger partial charge in [0, 0.05) is 12.8 Å². The highest BCUT2D eigenvalue weighted by atomic mass is 31.2. The van der Waals surface area contributed by atoms with Gasteiger partial charge in [0.1, 0.15) is 19.8 Å². The normalized spacial score (nSPS) is 13.9. The first kappa shape index (κ1) is 50.5. The van der Waals surface area contributed by atoms with Crippen LogP contribution in [-0.2, 0) is 32.7 Å². The predicted octanol–water partition coefficient (Wildman–Crippen LogP) is 10.9. The van der Waals surface area contributed by atoms with E-state index in [4.69, 9.17) is 18.5 Å². The highest BCUT2D eigenvalue weighted by Gasteiger charge is 2.21. The molecule has 0 aromatic heterocycles. The zero-order valence-electron chi connectivity index (χ0n) is 34.3. The number of phosphoric ester groups is 1. The first-order valence-corrected chi connectivity index (χ1v) is 22.5. The van der Waals surface area contributed by atoms with E-state index in [-0.39, 0.29) is 32.0 Å². The van der Waals surface area contributed by atoms with Gasteiger partial charge in [-0.15, -0.1) is 0 Å². The summed E-state index contributed by atoms with van der Waals surface area (Å²) in [6.07, 6.45) is 36.2. The molecule has 10 heteroatoms. The second kappa shape index (κ2) is 35.2. The average Bonchev–Trinajstić information content (AvgIpc) is 3.09. The number of likely N-dealkylation sites (N-methyl/N-ethyl adjacent to an activating group) is 1. The summed E-state index contributed by atoms with van der Waals surface area (Å²) in [5, 5.41) is 0. The lowest BCUT2D eigenvalue weighted by molar-refractivity contribution is -0.870. The van der Waals surface area contributed by atoms with E-state index in [9.17, 15) is 19.0 Å². The average molecular weight is 758 g/mol. The van der Waals surface area contributed by atoms with E-state index in [1.54, 1.807) is 0 Å². The van der Waals surface area contributed by atoms with Crippen LogP contribution in [0.2, 0.25) is 0 Å². The van der Waals surface area contributed by atoms with Crippen molar-refractivity contribution in [3.05, 3.63) is 24.3 Å². The molecule has 9 nitrogen and oxygen atoms in total. The molecule has 0 aliphatic rings. The maximum atomic E-state index is 12.6. The number of nitrogens with zero attached hydrogens (tertiary/aromatic N) is 1. The van der Waals surface area contributed by atoms with Crippen LogP contribution in [0.3, 0.4) is 0 Å². The number of ether oxygens (including phenoxy) is 2. The number of esters is 2. The van der Waals surface area contributed by atoms with Gasteiger partial charge in [0.15, 0.2) is 6.10 Å². The van der Waals surface area contributed by atoms with Crippen LogP contribution in [0.1, 0.15) is 181 Å². The van der Waals surface area contributed by atoms with E-state index in [2.05, 4.69) is 38.2 Å². The molecule has 2 atom stereocenters. The number of rotatable bonds is 38. The summed E-state index contributed by atoms with van der Waals surface area (Å²) in [5.41, 5.74) is 0. The van der Waals surface area contributed by atoms with Crippen LogP contribution in [0.15, 0.2) is 24.3 Å². The largest absolute Gasteiger partial charge is 0.756 e. The molecular weight excluding hydrogens is 677 g/mol. The highest BCUT2D eigenvalue weighted by molar-refractivity contribution is 7.45. The van der Waals surface area contributed by atoms with E-state index in [0.717, 1.165) is 57.8 Å². The molecular formula is C42H80NO8P. The molecule has 0 aromatic carbocycles. The molecule has 0 aliphatic heterocycles. The minimum atomic E-state index is -4.62. The summed E-state index contributed by atoms with van der Waals surface area (Å²) in [7, 11) is 1.16. The fourth-order valence-corrected chi connectivity index (χ4v) is 6.37. The Bertz CT molecular complexity index is 949. The van der Waals surface area contributed by atoms with Crippen molar-refractivity contribution in [1.29, 1.82) is 0 Å². The molecule has 52 heavy (non-hydrogen) atoms. The van der Waals surface area contributed by atoms with Gasteiger partial charge in [0.25, 0.3) is 7.82 Å². The summed E-state index contributed by atoms with van der Waals surface area (Å²) in [6, 6.07) is 0. The summed E-state index contributed by atoms with van der Waals surface area (Å²) in [5.74, 6) is -0.848. The zero-order valence-corrected chi connectivity index (χ0v) is 35.2. The van der Waals surface area contributed by atoms with Gasteiger partial charge >= 0.3 is 11.9 Å². The number of hydrogen-bond acceptors (Lipinski definition) is 8. The van der Waals surface area contributed by atoms with E-state index >= 15 is 0 Å². The third-order valence-electron chi connectivity index (χ3n) is 9.00. The van der Waals surface area contributed by atoms with E-state index in [1.165, 1.54) is 89.9 Å². The Morgan fingerprint density at radius 1 is 0.596 bits per heavy atom. The van der Waals surface area contributed by atoms with Crippen molar-refractivity contribution in [1.82, 2.24) is 0 Å². The Morgan fingerprint density at radius 3 is 1.50 bits per heavy atom. The second-order valence-electron chi connectivity index (χ2n) is 15.4. The number of allylic oxidation sites excluding steroid dienone is 4. The molecule has 0 saturated heterocycles. The SMILES string of the molecule is CCCCCC/C=C/C=C/CCCCCCCC(=O)O[C@H](COC(=O)CCCCCCCCCCCCCCC)COP(=O)([O-])OCC[N+](C)(C)C. The van der Waals surface area contributed by atoms with Crippen molar-refractivity contribution in [2.45, 2.75) is 187 Å². The van der Waals surface area contributed by atoms with Crippen molar-refractivity contribution in [3.63, 3.8) is 0 Å². The van der Waals surface area contributed by atoms with Crippen molar-refractivity contribution in [2.24, 2.45) is 0 Å². The Kier molecular flexibility index (Phi) is 34.2. The monoisotopic (exact) mass is 758 g/mol. The number of carbonyl (C=O) groups excluding carboxylic acids is 2. The van der Waals surface area contributed by atoms with Gasteiger partial charge in [-0.3, -0.25) is 14.2 Å². The Morgan fingerprint density at radius 2 is 1.02 bits per heavy atom. The maximum Gasteiger partial charge on any atom is 0.306 e. The predicted molar refractivity (Wildman–Crippen MR) is 213 cm³/mol. The Hall–Kier alpha value is -1.51. The molecule has 0 radical (unpaired) electrons. The quantitative estimate of drug-likeness (QED) is 0.0201. The van der Waals surface area contributed by atoms with Gasteiger partial charge < -0.3 is 27.9 Å². The number of carbonyl (C=O) groups is 2. The molecule has 0 aliphatic carbocycles. The second-order valence-corrected chi connectivity index (χ2v) is 16.8. The molecule has 0 saturated carbocycles. The van der Waals surface area contributed by atoms with E-state index in [1.807, 2.05) is 21.1 Å². The fourth-order valence-electron chi connectivity index (χ4n) is 5.64. The molecule has 0 rings (SSSR count). The molecule has 0 aromatic rings. The first-order chi connectivity index (χ1) is 25.0. The van der Waals surface area contributed by atoms with Gasteiger partial charge in [0.2, 0.25) is 0 Å². The minimum absolute atomic E-state index is 0.0324. The smallest absolute Gasteiger partial charge is 0.306 e. The number of hydrogen-bond donors (Lipinski definition) is 0. The van der Waals surface area contributed by atoms with Crippen molar-refractivity contribution in [3.8, 4) is 0 Å². The fraction of sp³-hybridized carbons (Fsp3) is 0.857. The molecule has 0 bridgehead atoms. The van der Waals surface area contributed by atoms with E-state index < -0.39 is 26.5 Å². The molecule has 0 amide bonds. The lowest BCUT2D eigenvalue weighted by Gasteiger charge is -2.28. The Labute approximate surface area is 319 Å². The third-order valence-corrected chi connectivity index (χ3v) is 9.97. The zero-order chi connectivity index (χ0) is 38.6. The Balaban J connectivity index is 4.41. The van der Waals surface area contributed by atoms with Crippen molar-refractivity contribution < 1.29 is 42.1 Å². The molecule has 306 valence electrons. The third kappa shape index (κ3) is 38.2. The van der Waals surface area contributed by atoms with E-state index in [0.29, 0.717) is 17.4 Å². The first-order valence-electron chi connectivity index (χ1n) is 21.1. The number of quaternary nitrogens is 1. The number of unbranched alkanes of at least 4 members (excludes halogenated alkanes) is 21. The lowest BCUT2D eigenvalue weighted by atomic mass is 10.0. The van der Waals surface area contributed by atoms with Crippen LogP contribution in [0, 0.1) is 0 Å². The highest BCUT2D eigenvalue weighted by Crippen LogP contribution is 2.38. The van der Waals surface area contributed by atoms with Crippen LogP contribution in [0.4, 0.5) is 0 Å². The van der Waals surface area contributed by atoms with Crippen LogP contribution < -0.4 is 4.89 Å². The van der Waals surface area contributed by atoms with Crippen LogP contribution in [-0.4, -0.2) is 70.0 Å². The summed E-state index contributed by atoms with van der Waals surface area (Å²) in [4.78, 5) is 37.4. The van der Waals surface area contributed by atoms with Crippen molar-refractivity contribution >= 4 is 19.8 Å². The molecule has 0 fully saturated rings. The summed E-state index contributed by atoms with van der Waals surface area (Å²) in [6.45, 7) is 4.19.